The predicted octanol–water partition coefficient (Wildman–Crippen LogP) is 3.80. The zero-order valence-corrected chi connectivity index (χ0v) is 13.5. The zero-order valence-electron chi connectivity index (χ0n) is 12.7. The Hall–Kier alpha value is -2.92. The first-order valence-electron chi connectivity index (χ1n) is 7.37. The van der Waals surface area contributed by atoms with Crippen LogP contribution in [-0.4, -0.2) is 15.9 Å². The highest BCUT2D eigenvalue weighted by Crippen LogP contribution is 2.24. The molecule has 0 saturated carbocycles. The third-order valence-corrected chi connectivity index (χ3v) is 3.65. The molecule has 1 aromatic carbocycles. The van der Waals surface area contributed by atoms with Crippen molar-refractivity contribution in [2.24, 2.45) is 0 Å². The second kappa shape index (κ2) is 7.57. The van der Waals surface area contributed by atoms with E-state index >= 15 is 0 Å². The number of hydrogen-bond acceptors (Lipinski definition) is 4. The molecule has 0 aliphatic rings. The van der Waals surface area contributed by atoms with Crippen molar-refractivity contribution < 1.29 is 4.79 Å². The van der Waals surface area contributed by atoms with Crippen LogP contribution in [0.3, 0.4) is 0 Å². The topological polar surface area (TPSA) is 66.9 Å². The first kappa shape index (κ1) is 16.0. The van der Waals surface area contributed by atoms with Gasteiger partial charge in [-0.3, -0.25) is 9.78 Å². The summed E-state index contributed by atoms with van der Waals surface area (Å²) in [7, 11) is 0. The molecule has 24 heavy (non-hydrogen) atoms. The van der Waals surface area contributed by atoms with Gasteiger partial charge in [0, 0.05) is 18.9 Å². The quantitative estimate of drug-likeness (QED) is 0.742. The Labute approximate surface area is 144 Å². The van der Waals surface area contributed by atoms with Crippen LogP contribution in [0.4, 0.5) is 11.4 Å². The minimum absolute atomic E-state index is 0.233. The maximum absolute atomic E-state index is 12.1. The lowest BCUT2D eigenvalue weighted by Gasteiger charge is -2.09. The summed E-state index contributed by atoms with van der Waals surface area (Å²) in [5, 5.41) is 6.59. The summed E-state index contributed by atoms with van der Waals surface area (Å²) in [6.45, 7) is 0.411. The van der Waals surface area contributed by atoms with Gasteiger partial charge in [0.1, 0.15) is 5.69 Å². The lowest BCUT2D eigenvalue weighted by atomic mass is 10.2. The Bertz CT molecular complexity index is 822. The van der Waals surface area contributed by atoms with Crippen molar-refractivity contribution in [3.05, 3.63) is 83.4 Å². The molecule has 0 spiro atoms. The molecule has 3 rings (SSSR count). The van der Waals surface area contributed by atoms with Gasteiger partial charge < -0.3 is 10.6 Å². The summed E-state index contributed by atoms with van der Waals surface area (Å²) in [5.74, 6) is -0.233. The number of carbonyl (C=O) groups excluding carboxylic acids is 1. The molecule has 0 fully saturated rings. The van der Waals surface area contributed by atoms with Crippen LogP contribution in [0.15, 0.2) is 67.1 Å². The maximum Gasteiger partial charge on any atom is 0.270 e. The molecule has 2 N–H and O–H groups in total. The van der Waals surface area contributed by atoms with Crippen molar-refractivity contribution in [3.8, 4) is 0 Å². The summed E-state index contributed by atoms with van der Waals surface area (Å²) in [6, 6.07) is 14.6. The Morgan fingerprint density at radius 3 is 2.62 bits per heavy atom. The van der Waals surface area contributed by atoms with Crippen molar-refractivity contribution in [2.75, 3.05) is 5.32 Å². The normalized spacial score (nSPS) is 10.2. The van der Waals surface area contributed by atoms with Gasteiger partial charge in [-0.1, -0.05) is 29.8 Å². The highest BCUT2D eigenvalue weighted by atomic mass is 35.5. The molecule has 2 aromatic heterocycles. The van der Waals surface area contributed by atoms with Crippen LogP contribution in [-0.2, 0) is 6.54 Å². The minimum Gasteiger partial charge on any atom is -0.353 e. The Balaban J connectivity index is 1.61. The molecule has 2 heterocycles. The Morgan fingerprint density at radius 1 is 1.04 bits per heavy atom. The second-order valence-electron chi connectivity index (χ2n) is 5.08. The molecule has 0 radical (unpaired) electrons. The summed E-state index contributed by atoms with van der Waals surface area (Å²) < 4.78 is 0. The van der Waals surface area contributed by atoms with Crippen LogP contribution in [0.1, 0.15) is 16.1 Å². The van der Waals surface area contributed by atoms with Gasteiger partial charge in [0.2, 0.25) is 0 Å². The third-order valence-electron chi connectivity index (χ3n) is 3.32. The van der Waals surface area contributed by atoms with Crippen molar-refractivity contribution in [3.63, 3.8) is 0 Å². The van der Waals surface area contributed by atoms with Gasteiger partial charge in [0.25, 0.3) is 5.91 Å². The van der Waals surface area contributed by atoms with Gasteiger partial charge >= 0.3 is 0 Å². The van der Waals surface area contributed by atoms with Crippen molar-refractivity contribution in [1.29, 1.82) is 0 Å². The molecule has 0 bridgehead atoms. The van der Waals surface area contributed by atoms with E-state index in [1.165, 1.54) is 0 Å². The SMILES string of the molecule is O=C(NCc1cccnc1)c1ccc(Nc2ccccc2Cl)cn1. The van der Waals surface area contributed by atoms with Crippen molar-refractivity contribution in [1.82, 2.24) is 15.3 Å². The molecule has 0 aliphatic heterocycles. The smallest absolute Gasteiger partial charge is 0.270 e. The van der Waals surface area contributed by atoms with Crippen LogP contribution in [0.5, 0.6) is 0 Å². The van der Waals surface area contributed by atoms with E-state index in [9.17, 15) is 4.79 Å². The number of hydrogen-bond donors (Lipinski definition) is 2. The third kappa shape index (κ3) is 4.08. The molecule has 1 amide bonds. The summed E-state index contributed by atoms with van der Waals surface area (Å²) in [5.41, 5.74) is 2.83. The van der Waals surface area contributed by atoms with E-state index < -0.39 is 0 Å². The van der Waals surface area contributed by atoms with Crippen LogP contribution >= 0.6 is 11.6 Å². The van der Waals surface area contributed by atoms with E-state index in [0.717, 1.165) is 16.9 Å². The van der Waals surface area contributed by atoms with E-state index in [0.29, 0.717) is 17.3 Å². The average molecular weight is 339 g/mol. The van der Waals surface area contributed by atoms with E-state index in [-0.39, 0.29) is 5.91 Å². The number of nitrogens with one attached hydrogen (secondary N) is 2. The first-order valence-corrected chi connectivity index (χ1v) is 7.75. The van der Waals surface area contributed by atoms with Crippen LogP contribution < -0.4 is 10.6 Å². The first-order chi connectivity index (χ1) is 11.7. The molecule has 0 atom stereocenters. The standard InChI is InChI=1S/C18H15ClN4O/c19-15-5-1-2-6-16(15)23-14-7-8-17(21-12-14)18(24)22-11-13-4-3-9-20-10-13/h1-10,12,23H,11H2,(H,22,24). The summed E-state index contributed by atoms with van der Waals surface area (Å²) in [4.78, 5) is 20.3. The fraction of sp³-hybridized carbons (Fsp3) is 0.0556. The van der Waals surface area contributed by atoms with Gasteiger partial charge in [-0.2, -0.15) is 0 Å². The van der Waals surface area contributed by atoms with E-state index in [2.05, 4.69) is 20.6 Å². The van der Waals surface area contributed by atoms with E-state index in [1.54, 1.807) is 36.8 Å². The van der Waals surface area contributed by atoms with E-state index in [4.69, 9.17) is 11.6 Å². The number of amides is 1. The Kier molecular flexibility index (Phi) is 5.03. The molecule has 5 nitrogen and oxygen atoms in total. The lowest BCUT2D eigenvalue weighted by Crippen LogP contribution is -2.23. The maximum atomic E-state index is 12.1. The number of halogens is 1. The van der Waals surface area contributed by atoms with Gasteiger partial charge in [-0.05, 0) is 35.9 Å². The molecule has 3 aromatic rings. The number of anilines is 2. The number of nitrogens with zero attached hydrogens (tertiary/aromatic N) is 2. The Morgan fingerprint density at radius 2 is 1.92 bits per heavy atom. The monoisotopic (exact) mass is 338 g/mol. The number of carbonyl (C=O) groups is 1. The molecule has 6 heteroatoms. The fourth-order valence-corrected chi connectivity index (χ4v) is 2.28. The predicted molar refractivity (Wildman–Crippen MR) is 94.4 cm³/mol. The zero-order chi connectivity index (χ0) is 16.8. The molecular formula is C18H15ClN4O. The second-order valence-corrected chi connectivity index (χ2v) is 5.49. The average Bonchev–Trinajstić information content (AvgIpc) is 2.63. The molecule has 0 saturated heterocycles. The summed E-state index contributed by atoms with van der Waals surface area (Å²) >= 11 is 6.10. The molecule has 0 aliphatic carbocycles. The highest BCUT2D eigenvalue weighted by molar-refractivity contribution is 6.33. The molecule has 120 valence electrons. The van der Waals surface area contributed by atoms with Crippen molar-refractivity contribution in [2.45, 2.75) is 6.54 Å². The lowest BCUT2D eigenvalue weighted by molar-refractivity contribution is 0.0946. The molecular weight excluding hydrogens is 324 g/mol. The van der Waals surface area contributed by atoms with Crippen LogP contribution in [0, 0.1) is 0 Å². The van der Waals surface area contributed by atoms with E-state index in [1.807, 2.05) is 30.3 Å². The van der Waals surface area contributed by atoms with Crippen LogP contribution in [0.25, 0.3) is 0 Å². The van der Waals surface area contributed by atoms with Crippen LogP contribution in [0.2, 0.25) is 5.02 Å². The number of rotatable bonds is 5. The van der Waals surface area contributed by atoms with Gasteiger partial charge in [0.05, 0.1) is 22.6 Å². The minimum atomic E-state index is -0.233. The number of pyridine rings is 2. The van der Waals surface area contributed by atoms with Gasteiger partial charge in [-0.25, -0.2) is 4.98 Å². The number of para-hydroxylation sites is 1. The van der Waals surface area contributed by atoms with Crippen molar-refractivity contribution >= 4 is 28.9 Å². The highest BCUT2D eigenvalue weighted by Gasteiger charge is 2.07. The van der Waals surface area contributed by atoms with Gasteiger partial charge in [-0.15, -0.1) is 0 Å². The van der Waals surface area contributed by atoms with Gasteiger partial charge in [0.15, 0.2) is 0 Å². The largest absolute Gasteiger partial charge is 0.353 e. The molecule has 0 unspecified atom stereocenters. The summed E-state index contributed by atoms with van der Waals surface area (Å²) in [6.07, 6.45) is 5.00. The fourth-order valence-electron chi connectivity index (χ4n) is 2.10. The number of aromatic nitrogens is 2. The number of benzene rings is 1.